The molecule has 1 aromatic heterocycles. The van der Waals surface area contributed by atoms with Gasteiger partial charge < -0.3 is 5.73 Å². The molecule has 1 heterocycles. The van der Waals surface area contributed by atoms with E-state index in [-0.39, 0.29) is 16.9 Å². The maximum Gasteiger partial charge on any atom is 0.221 e. The largest absolute Gasteiger partial charge is 0.368 e. The second-order valence-electron chi connectivity index (χ2n) is 3.44. The fourth-order valence-electron chi connectivity index (χ4n) is 1.39. The summed E-state index contributed by atoms with van der Waals surface area (Å²) >= 11 is 9.17. The van der Waals surface area contributed by atoms with Crippen molar-refractivity contribution in [1.29, 1.82) is 0 Å². The molecule has 0 spiro atoms. The summed E-state index contributed by atoms with van der Waals surface area (Å²) in [6.07, 6.45) is 0.507. The summed E-state index contributed by atoms with van der Waals surface area (Å²) in [7, 11) is 0. The van der Waals surface area contributed by atoms with E-state index in [1.165, 1.54) is 12.1 Å². The van der Waals surface area contributed by atoms with Crippen LogP contribution in [-0.2, 0) is 6.42 Å². The van der Waals surface area contributed by atoms with Gasteiger partial charge in [-0.15, -0.1) is 0 Å². The summed E-state index contributed by atoms with van der Waals surface area (Å²) in [5.41, 5.74) is 7.11. The van der Waals surface area contributed by atoms with E-state index in [4.69, 9.17) is 17.3 Å². The highest BCUT2D eigenvalue weighted by Crippen LogP contribution is 2.25. The van der Waals surface area contributed by atoms with Crippen molar-refractivity contribution in [2.45, 2.75) is 6.42 Å². The molecule has 0 saturated heterocycles. The molecule has 0 aliphatic rings. The number of aromatic nitrogens is 2. The van der Waals surface area contributed by atoms with Gasteiger partial charge in [0, 0.05) is 6.42 Å². The van der Waals surface area contributed by atoms with Crippen molar-refractivity contribution in [1.82, 2.24) is 9.97 Å². The molecular formula is C11H8BrClFN3. The number of halogens is 3. The third-order valence-electron chi connectivity index (χ3n) is 2.18. The number of nitrogens with two attached hydrogens (primary N) is 1. The van der Waals surface area contributed by atoms with E-state index in [9.17, 15) is 4.39 Å². The molecule has 0 radical (unpaired) electrons. The van der Waals surface area contributed by atoms with Crippen molar-refractivity contribution in [3.8, 4) is 0 Å². The van der Waals surface area contributed by atoms with Crippen molar-refractivity contribution in [2.24, 2.45) is 0 Å². The summed E-state index contributed by atoms with van der Waals surface area (Å²) < 4.78 is 13.4. The Balaban J connectivity index is 2.32. The number of hydrogen-bond acceptors (Lipinski definition) is 3. The fourth-order valence-corrected chi connectivity index (χ4v) is 1.91. The zero-order chi connectivity index (χ0) is 12.4. The Labute approximate surface area is 111 Å². The average molecular weight is 317 g/mol. The van der Waals surface area contributed by atoms with Gasteiger partial charge in [0.05, 0.1) is 10.2 Å². The Morgan fingerprint density at radius 1 is 1.24 bits per heavy atom. The van der Waals surface area contributed by atoms with Gasteiger partial charge in [-0.25, -0.2) is 14.4 Å². The Bertz CT molecular complexity index is 545. The van der Waals surface area contributed by atoms with Crippen LogP contribution in [0.5, 0.6) is 0 Å². The number of anilines is 1. The van der Waals surface area contributed by atoms with Crippen molar-refractivity contribution in [3.05, 3.63) is 51.0 Å². The number of rotatable bonds is 2. The first-order valence-electron chi connectivity index (χ1n) is 4.78. The van der Waals surface area contributed by atoms with E-state index in [1.807, 2.05) is 0 Å². The molecule has 6 heteroatoms. The van der Waals surface area contributed by atoms with E-state index in [0.29, 0.717) is 16.6 Å². The Morgan fingerprint density at radius 2 is 1.88 bits per heavy atom. The predicted octanol–water partition coefficient (Wildman–Crippen LogP) is 3.20. The molecule has 0 fully saturated rings. The first kappa shape index (κ1) is 12.3. The minimum Gasteiger partial charge on any atom is -0.368 e. The summed E-state index contributed by atoms with van der Waals surface area (Å²) in [5.74, 6) is -0.150. The van der Waals surface area contributed by atoms with Gasteiger partial charge >= 0.3 is 0 Å². The third kappa shape index (κ3) is 2.92. The van der Waals surface area contributed by atoms with Crippen molar-refractivity contribution >= 4 is 33.5 Å². The Kier molecular flexibility index (Phi) is 3.59. The van der Waals surface area contributed by atoms with E-state index in [2.05, 4.69) is 25.9 Å². The highest BCUT2D eigenvalue weighted by Gasteiger charge is 2.10. The van der Waals surface area contributed by atoms with Gasteiger partial charge in [0.2, 0.25) is 5.95 Å². The van der Waals surface area contributed by atoms with Gasteiger partial charge in [0.15, 0.2) is 0 Å². The number of benzene rings is 1. The molecule has 17 heavy (non-hydrogen) atoms. The van der Waals surface area contributed by atoms with Gasteiger partial charge in [0.25, 0.3) is 0 Å². The fraction of sp³-hybridized carbons (Fsp3) is 0.0909. The highest BCUT2D eigenvalue weighted by atomic mass is 79.9. The van der Waals surface area contributed by atoms with Gasteiger partial charge in [-0.3, -0.25) is 0 Å². The van der Waals surface area contributed by atoms with Crippen LogP contribution in [0.25, 0.3) is 0 Å². The van der Waals surface area contributed by atoms with E-state index in [0.717, 1.165) is 5.56 Å². The lowest BCUT2D eigenvalue weighted by Gasteiger charge is -2.06. The summed E-state index contributed by atoms with van der Waals surface area (Å²) in [4.78, 5) is 7.91. The lowest BCUT2D eigenvalue weighted by Crippen LogP contribution is -2.02. The zero-order valence-corrected chi connectivity index (χ0v) is 11.0. The highest BCUT2D eigenvalue weighted by molar-refractivity contribution is 9.10. The number of nitrogens with zero attached hydrogens (tertiary/aromatic N) is 2. The maximum atomic E-state index is 12.8. The molecule has 0 unspecified atom stereocenters. The molecule has 0 saturated carbocycles. The molecule has 1 aromatic carbocycles. The van der Waals surface area contributed by atoms with E-state index in [1.54, 1.807) is 12.1 Å². The molecule has 2 rings (SSSR count). The van der Waals surface area contributed by atoms with Crippen LogP contribution in [0.15, 0.2) is 28.7 Å². The SMILES string of the molecule is Nc1nc(Cl)c(Br)c(Cc2ccc(F)cc2)n1. The predicted molar refractivity (Wildman–Crippen MR) is 68.4 cm³/mol. The molecule has 2 aromatic rings. The topological polar surface area (TPSA) is 51.8 Å². The van der Waals surface area contributed by atoms with Crippen molar-refractivity contribution in [2.75, 3.05) is 5.73 Å². The normalized spacial score (nSPS) is 10.5. The Hall–Kier alpha value is -1.20. The van der Waals surface area contributed by atoms with Crippen LogP contribution in [0, 0.1) is 5.82 Å². The van der Waals surface area contributed by atoms with Gasteiger partial charge in [-0.2, -0.15) is 0 Å². The summed E-state index contributed by atoms with van der Waals surface area (Å²) in [6.45, 7) is 0. The van der Waals surface area contributed by atoms with Crippen LogP contribution in [0.3, 0.4) is 0 Å². The molecule has 0 amide bonds. The van der Waals surface area contributed by atoms with Crippen molar-refractivity contribution in [3.63, 3.8) is 0 Å². The number of nitrogen functional groups attached to an aromatic ring is 1. The van der Waals surface area contributed by atoms with Crippen LogP contribution in [0.4, 0.5) is 10.3 Å². The summed E-state index contributed by atoms with van der Waals surface area (Å²) in [6, 6.07) is 6.17. The van der Waals surface area contributed by atoms with Crippen LogP contribution >= 0.6 is 27.5 Å². The smallest absolute Gasteiger partial charge is 0.221 e. The Morgan fingerprint density at radius 3 is 2.53 bits per heavy atom. The maximum absolute atomic E-state index is 12.8. The second kappa shape index (κ2) is 4.98. The van der Waals surface area contributed by atoms with Gasteiger partial charge in [0.1, 0.15) is 11.0 Å². The van der Waals surface area contributed by atoms with Crippen LogP contribution < -0.4 is 5.73 Å². The van der Waals surface area contributed by atoms with Crippen molar-refractivity contribution < 1.29 is 4.39 Å². The summed E-state index contributed by atoms with van der Waals surface area (Å²) in [5, 5.41) is 0.273. The molecule has 0 bridgehead atoms. The third-order valence-corrected chi connectivity index (χ3v) is 3.52. The minimum atomic E-state index is -0.270. The standard InChI is InChI=1S/C11H8BrClFN3/c12-9-8(16-11(15)17-10(9)13)5-6-1-3-7(14)4-2-6/h1-4H,5H2,(H2,15,16,17). The van der Waals surface area contributed by atoms with E-state index >= 15 is 0 Å². The lowest BCUT2D eigenvalue weighted by atomic mass is 10.1. The van der Waals surface area contributed by atoms with Crippen LogP contribution in [0.1, 0.15) is 11.3 Å². The first-order valence-corrected chi connectivity index (χ1v) is 5.95. The van der Waals surface area contributed by atoms with Gasteiger partial charge in [-0.1, -0.05) is 23.7 Å². The molecule has 2 N–H and O–H groups in total. The molecule has 0 aliphatic carbocycles. The quantitative estimate of drug-likeness (QED) is 0.866. The lowest BCUT2D eigenvalue weighted by molar-refractivity contribution is 0.627. The average Bonchev–Trinajstić information content (AvgIpc) is 2.28. The molecule has 88 valence electrons. The van der Waals surface area contributed by atoms with Gasteiger partial charge in [-0.05, 0) is 33.6 Å². The first-order chi connectivity index (χ1) is 8.06. The molecular weight excluding hydrogens is 308 g/mol. The van der Waals surface area contributed by atoms with Crippen LogP contribution in [-0.4, -0.2) is 9.97 Å². The zero-order valence-electron chi connectivity index (χ0n) is 8.62. The molecule has 0 atom stereocenters. The minimum absolute atomic E-state index is 0.121. The van der Waals surface area contributed by atoms with E-state index < -0.39 is 0 Å². The monoisotopic (exact) mass is 315 g/mol. The van der Waals surface area contributed by atoms with Crippen LogP contribution in [0.2, 0.25) is 5.15 Å². The molecule has 3 nitrogen and oxygen atoms in total. The molecule has 0 aliphatic heterocycles. The number of hydrogen-bond donors (Lipinski definition) is 1. The second-order valence-corrected chi connectivity index (χ2v) is 4.59.